The third-order valence-corrected chi connectivity index (χ3v) is 3.02. The van der Waals surface area contributed by atoms with Gasteiger partial charge in [-0.15, -0.1) is 0 Å². The normalized spacial score (nSPS) is 12.0. The number of carbonyl (C=O) groups is 2. The largest absolute Gasteiger partial charge is 0.342 e. The first kappa shape index (κ1) is 12.9. The van der Waals surface area contributed by atoms with Crippen molar-refractivity contribution < 1.29 is 9.59 Å². The maximum Gasteiger partial charge on any atom is 0.253 e. The quantitative estimate of drug-likeness (QED) is 0.926. The van der Waals surface area contributed by atoms with Gasteiger partial charge in [0, 0.05) is 4.47 Å². The average Bonchev–Trinajstić information content (AvgIpc) is 2.21. The molecule has 0 saturated carbocycles. The van der Waals surface area contributed by atoms with Gasteiger partial charge in [0.15, 0.2) is 5.78 Å². The third-order valence-electron chi connectivity index (χ3n) is 2.32. The zero-order chi connectivity index (χ0) is 12.3. The monoisotopic (exact) mass is 283 g/mol. The minimum absolute atomic E-state index is 0.0582. The molecule has 16 heavy (non-hydrogen) atoms. The highest BCUT2D eigenvalue weighted by Gasteiger charge is 2.15. The Labute approximate surface area is 103 Å². The second kappa shape index (κ2) is 5.25. The molecule has 1 amide bonds. The number of halogens is 1. The van der Waals surface area contributed by atoms with E-state index in [0.717, 1.165) is 10.0 Å². The second-order valence-electron chi connectivity index (χ2n) is 3.79. The Morgan fingerprint density at radius 2 is 2.00 bits per heavy atom. The maximum absolute atomic E-state index is 11.8. The molecule has 0 spiro atoms. The molecule has 3 nitrogen and oxygen atoms in total. The van der Waals surface area contributed by atoms with Crippen LogP contribution < -0.4 is 5.32 Å². The van der Waals surface area contributed by atoms with Gasteiger partial charge in [0.25, 0.3) is 5.91 Å². The van der Waals surface area contributed by atoms with Gasteiger partial charge in [0.2, 0.25) is 0 Å². The lowest BCUT2D eigenvalue weighted by atomic mass is 10.1. The molecule has 0 aliphatic carbocycles. The van der Waals surface area contributed by atoms with E-state index in [9.17, 15) is 9.59 Å². The highest BCUT2D eigenvalue weighted by atomic mass is 79.9. The van der Waals surface area contributed by atoms with Gasteiger partial charge in [-0.2, -0.15) is 0 Å². The fraction of sp³-hybridized carbons (Fsp3) is 0.333. The van der Waals surface area contributed by atoms with E-state index in [1.807, 2.05) is 19.1 Å². The van der Waals surface area contributed by atoms with E-state index in [2.05, 4.69) is 21.2 Å². The molecule has 0 radical (unpaired) electrons. The zero-order valence-corrected chi connectivity index (χ0v) is 11.1. The number of carbonyl (C=O) groups excluding carboxylic acids is 2. The SMILES string of the molecule is CC(=O)C(C)NC(=O)c1cc(C)ccc1Br. The fourth-order valence-electron chi connectivity index (χ4n) is 1.19. The summed E-state index contributed by atoms with van der Waals surface area (Å²) in [5.74, 6) is -0.296. The Kier molecular flexibility index (Phi) is 4.24. The average molecular weight is 284 g/mol. The van der Waals surface area contributed by atoms with Crippen LogP contribution in [0.5, 0.6) is 0 Å². The lowest BCUT2D eigenvalue weighted by Crippen LogP contribution is -2.37. The van der Waals surface area contributed by atoms with Crippen LogP contribution in [0.2, 0.25) is 0 Å². The van der Waals surface area contributed by atoms with E-state index in [4.69, 9.17) is 0 Å². The van der Waals surface area contributed by atoms with Gasteiger partial charge < -0.3 is 5.32 Å². The Hall–Kier alpha value is -1.16. The van der Waals surface area contributed by atoms with Crippen LogP contribution in [0.3, 0.4) is 0 Å². The molecule has 0 fully saturated rings. The van der Waals surface area contributed by atoms with E-state index < -0.39 is 6.04 Å². The van der Waals surface area contributed by atoms with Crippen molar-refractivity contribution in [3.63, 3.8) is 0 Å². The summed E-state index contributed by atoms with van der Waals surface area (Å²) in [5, 5.41) is 2.65. The Bertz CT molecular complexity index is 429. The molecule has 1 unspecified atom stereocenters. The molecule has 86 valence electrons. The summed E-state index contributed by atoms with van der Waals surface area (Å²) in [6.45, 7) is 5.04. The van der Waals surface area contributed by atoms with Crippen LogP contribution >= 0.6 is 15.9 Å². The highest BCUT2D eigenvalue weighted by molar-refractivity contribution is 9.10. The van der Waals surface area contributed by atoms with Gasteiger partial charge in [0.05, 0.1) is 11.6 Å². The topological polar surface area (TPSA) is 46.2 Å². The minimum Gasteiger partial charge on any atom is -0.342 e. The molecule has 0 aromatic heterocycles. The van der Waals surface area contributed by atoms with Crippen LogP contribution in [0.4, 0.5) is 0 Å². The molecular weight excluding hydrogens is 270 g/mol. The number of Topliss-reactive ketones (excluding diaryl/α,β-unsaturated/α-hetero) is 1. The van der Waals surface area contributed by atoms with Crippen molar-refractivity contribution in [1.29, 1.82) is 0 Å². The smallest absolute Gasteiger partial charge is 0.253 e. The maximum atomic E-state index is 11.8. The van der Waals surface area contributed by atoms with Crippen molar-refractivity contribution in [3.8, 4) is 0 Å². The number of amides is 1. The van der Waals surface area contributed by atoms with Crippen LogP contribution in [0, 0.1) is 6.92 Å². The lowest BCUT2D eigenvalue weighted by molar-refractivity contribution is -0.118. The fourth-order valence-corrected chi connectivity index (χ4v) is 1.62. The van der Waals surface area contributed by atoms with Gasteiger partial charge in [-0.3, -0.25) is 9.59 Å². The summed E-state index contributed by atoms with van der Waals surface area (Å²) in [7, 11) is 0. The van der Waals surface area contributed by atoms with Gasteiger partial charge in [-0.25, -0.2) is 0 Å². The van der Waals surface area contributed by atoms with Gasteiger partial charge in [-0.1, -0.05) is 11.6 Å². The van der Waals surface area contributed by atoms with Crippen molar-refractivity contribution in [3.05, 3.63) is 33.8 Å². The Morgan fingerprint density at radius 3 is 2.56 bits per heavy atom. The van der Waals surface area contributed by atoms with Crippen LogP contribution in [0.1, 0.15) is 29.8 Å². The molecule has 0 aliphatic heterocycles. The van der Waals surface area contributed by atoms with Crippen molar-refractivity contribution in [2.45, 2.75) is 26.8 Å². The third kappa shape index (κ3) is 3.17. The minimum atomic E-state index is -0.458. The van der Waals surface area contributed by atoms with Gasteiger partial charge in [0.1, 0.15) is 0 Å². The van der Waals surface area contributed by atoms with Gasteiger partial charge in [-0.05, 0) is 48.8 Å². The van der Waals surface area contributed by atoms with Gasteiger partial charge >= 0.3 is 0 Å². The van der Waals surface area contributed by atoms with E-state index in [1.165, 1.54) is 6.92 Å². The molecular formula is C12H14BrNO2. The summed E-state index contributed by atoms with van der Waals surface area (Å²) in [6, 6.07) is 5.06. The predicted molar refractivity (Wildman–Crippen MR) is 66.5 cm³/mol. The molecule has 1 N–H and O–H groups in total. The molecule has 1 rings (SSSR count). The first-order valence-electron chi connectivity index (χ1n) is 4.99. The molecule has 1 aromatic rings. The standard InChI is InChI=1S/C12H14BrNO2/c1-7-4-5-11(13)10(6-7)12(16)14-8(2)9(3)15/h4-6,8H,1-3H3,(H,14,16). The predicted octanol–water partition coefficient (Wildman–Crippen LogP) is 2.46. The second-order valence-corrected chi connectivity index (χ2v) is 4.64. The molecule has 4 heteroatoms. The number of ketones is 1. The van der Waals surface area contributed by atoms with E-state index >= 15 is 0 Å². The number of nitrogens with one attached hydrogen (secondary N) is 1. The van der Waals surface area contributed by atoms with Crippen LogP contribution in [-0.2, 0) is 4.79 Å². The molecule has 0 heterocycles. The zero-order valence-electron chi connectivity index (χ0n) is 9.50. The summed E-state index contributed by atoms with van der Waals surface area (Å²) in [5.41, 5.74) is 1.55. The number of aryl methyl sites for hydroxylation is 1. The first-order valence-corrected chi connectivity index (χ1v) is 5.78. The van der Waals surface area contributed by atoms with Crippen molar-refractivity contribution in [2.24, 2.45) is 0 Å². The van der Waals surface area contributed by atoms with Crippen LogP contribution in [0.15, 0.2) is 22.7 Å². The van der Waals surface area contributed by atoms with E-state index in [-0.39, 0.29) is 11.7 Å². The number of hydrogen-bond donors (Lipinski definition) is 1. The van der Waals surface area contributed by atoms with Crippen molar-refractivity contribution in [1.82, 2.24) is 5.32 Å². The summed E-state index contributed by atoms with van der Waals surface area (Å²) >= 11 is 3.31. The molecule has 1 atom stereocenters. The van der Waals surface area contributed by atoms with Crippen molar-refractivity contribution in [2.75, 3.05) is 0 Å². The Balaban J connectivity index is 2.88. The number of rotatable bonds is 3. The first-order chi connectivity index (χ1) is 7.41. The molecule has 0 saturated heterocycles. The van der Waals surface area contributed by atoms with E-state index in [1.54, 1.807) is 13.0 Å². The highest BCUT2D eigenvalue weighted by Crippen LogP contribution is 2.18. The van der Waals surface area contributed by atoms with Crippen molar-refractivity contribution >= 4 is 27.6 Å². The molecule has 0 bridgehead atoms. The Morgan fingerprint density at radius 1 is 1.38 bits per heavy atom. The summed E-state index contributed by atoms with van der Waals surface area (Å²) in [4.78, 5) is 22.9. The molecule has 0 aliphatic rings. The number of benzene rings is 1. The summed E-state index contributed by atoms with van der Waals surface area (Å²) < 4.78 is 0.728. The summed E-state index contributed by atoms with van der Waals surface area (Å²) in [6.07, 6.45) is 0. The lowest BCUT2D eigenvalue weighted by Gasteiger charge is -2.11. The van der Waals surface area contributed by atoms with E-state index in [0.29, 0.717) is 5.56 Å². The van der Waals surface area contributed by atoms with Crippen LogP contribution in [-0.4, -0.2) is 17.7 Å². The number of hydrogen-bond acceptors (Lipinski definition) is 2. The molecule has 1 aromatic carbocycles. The van der Waals surface area contributed by atoms with Crippen LogP contribution in [0.25, 0.3) is 0 Å².